The molecule has 0 spiro atoms. The van der Waals surface area contributed by atoms with Gasteiger partial charge in [-0.05, 0) is 49.7 Å². The summed E-state index contributed by atoms with van der Waals surface area (Å²) >= 11 is 0. The van der Waals surface area contributed by atoms with Crippen LogP contribution in [0.2, 0.25) is 0 Å². The maximum atomic E-state index is 11.9. The van der Waals surface area contributed by atoms with Gasteiger partial charge >= 0.3 is 0 Å². The van der Waals surface area contributed by atoms with Crippen molar-refractivity contribution in [1.29, 1.82) is 0 Å². The first-order valence-electron chi connectivity index (χ1n) is 6.44. The van der Waals surface area contributed by atoms with E-state index in [2.05, 4.69) is 0 Å². The second-order valence-corrected chi connectivity index (χ2v) is 5.73. The van der Waals surface area contributed by atoms with Gasteiger partial charge in [-0.2, -0.15) is 0 Å². The highest BCUT2D eigenvalue weighted by Gasteiger charge is 2.58. The number of carbonyl (C=O) groups excluding carboxylic acids is 1. The van der Waals surface area contributed by atoms with E-state index in [-0.39, 0.29) is 0 Å². The maximum absolute atomic E-state index is 11.9. The molecule has 0 heterocycles. The van der Waals surface area contributed by atoms with Crippen LogP contribution in [0.5, 0.6) is 0 Å². The summed E-state index contributed by atoms with van der Waals surface area (Å²) in [6, 6.07) is 7.83. The molecule has 3 unspecified atom stereocenters. The third-order valence-corrected chi connectivity index (χ3v) is 4.76. The standard InChI is InChI=1S/C15H18NO2/c1-14(18)12-5-3-2-4-11(12)8-10-6-7-15(14,9-10)13(16)17/h2-5,9-10,18H,6-8H2,1H3,(H2,16,17). The summed E-state index contributed by atoms with van der Waals surface area (Å²) in [6.07, 6.45) is 4.46. The van der Waals surface area contributed by atoms with Crippen LogP contribution in [-0.2, 0) is 16.8 Å². The largest absolute Gasteiger partial charge is 0.384 e. The predicted octanol–water partition coefficient (Wildman–Crippen LogP) is 1.54. The van der Waals surface area contributed by atoms with Crippen molar-refractivity contribution in [2.75, 3.05) is 0 Å². The first kappa shape index (κ1) is 11.7. The number of hydrogen-bond acceptors (Lipinski definition) is 2. The number of rotatable bonds is 1. The molecule has 0 aromatic heterocycles. The zero-order valence-corrected chi connectivity index (χ0v) is 10.5. The molecule has 0 aliphatic heterocycles. The average Bonchev–Trinajstić information content (AvgIpc) is 2.71. The van der Waals surface area contributed by atoms with E-state index in [1.807, 2.05) is 30.7 Å². The Morgan fingerprint density at radius 2 is 2.17 bits per heavy atom. The van der Waals surface area contributed by atoms with E-state index in [1.165, 1.54) is 0 Å². The summed E-state index contributed by atoms with van der Waals surface area (Å²) in [5.41, 5.74) is 5.47. The van der Waals surface area contributed by atoms with Gasteiger partial charge in [0.15, 0.2) is 0 Å². The van der Waals surface area contributed by atoms with Gasteiger partial charge in [0.05, 0.1) is 5.41 Å². The van der Waals surface area contributed by atoms with Crippen molar-refractivity contribution in [1.82, 2.24) is 0 Å². The lowest BCUT2D eigenvalue weighted by Crippen LogP contribution is -2.51. The van der Waals surface area contributed by atoms with Crippen molar-refractivity contribution in [3.63, 3.8) is 0 Å². The molecule has 0 saturated heterocycles. The van der Waals surface area contributed by atoms with Crippen LogP contribution in [0.4, 0.5) is 0 Å². The molecule has 18 heavy (non-hydrogen) atoms. The lowest BCUT2D eigenvalue weighted by molar-refractivity contribution is -0.141. The van der Waals surface area contributed by atoms with Crippen molar-refractivity contribution >= 4 is 5.91 Å². The number of amides is 1. The molecule has 3 atom stereocenters. The highest BCUT2D eigenvalue weighted by Crippen LogP contribution is 2.56. The Balaban J connectivity index is 2.24. The summed E-state index contributed by atoms with van der Waals surface area (Å²) < 4.78 is 0. The summed E-state index contributed by atoms with van der Waals surface area (Å²) in [5, 5.41) is 11.0. The van der Waals surface area contributed by atoms with E-state index in [1.54, 1.807) is 6.92 Å². The predicted molar refractivity (Wildman–Crippen MR) is 68.4 cm³/mol. The molecule has 3 heteroatoms. The van der Waals surface area contributed by atoms with Crippen LogP contribution in [0, 0.1) is 17.8 Å². The van der Waals surface area contributed by atoms with Crippen molar-refractivity contribution in [2.24, 2.45) is 17.1 Å². The molecule has 2 aliphatic carbocycles. The SMILES string of the molecule is CC1(O)c2ccccc2CC2[CH]C1(C(N)=O)CC2. The molecule has 1 aromatic carbocycles. The normalized spacial score (nSPS) is 38.0. The molecule has 1 aromatic rings. The Hall–Kier alpha value is -1.35. The molecule has 1 radical (unpaired) electrons. The molecule has 1 fully saturated rings. The minimum Gasteiger partial charge on any atom is -0.384 e. The molecule has 1 saturated carbocycles. The molecule has 95 valence electrons. The molecule has 2 bridgehead atoms. The van der Waals surface area contributed by atoms with Gasteiger partial charge in [-0.15, -0.1) is 0 Å². The quantitative estimate of drug-likeness (QED) is 0.787. The number of aliphatic hydroxyl groups is 1. The Bertz CT molecular complexity index is 509. The number of nitrogens with two attached hydrogens (primary N) is 1. The fraction of sp³-hybridized carbons (Fsp3) is 0.467. The molecule has 2 aliphatic rings. The summed E-state index contributed by atoms with van der Waals surface area (Å²) in [5.74, 6) is -0.0701. The molecule has 3 N–H and O–H groups in total. The van der Waals surface area contributed by atoms with Crippen LogP contribution in [0.25, 0.3) is 0 Å². The van der Waals surface area contributed by atoms with E-state index < -0.39 is 16.9 Å². The Morgan fingerprint density at radius 3 is 2.89 bits per heavy atom. The second kappa shape index (κ2) is 3.58. The topological polar surface area (TPSA) is 63.3 Å². The van der Waals surface area contributed by atoms with Gasteiger partial charge in [-0.1, -0.05) is 24.3 Å². The van der Waals surface area contributed by atoms with Gasteiger partial charge in [-0.3, -0.25) is 4.79 Å². The Labute approximate surface area is 107 Å². The summed E-state index contributed by atoms with van der Waals surface area (Å²) in [4.78, 5) is 11.9. The average molecular weight is 244 g/mol. The monoisotopic (exact) mass is 244 g/mol. The van der Waals surface area contributed by atoms with Crippen molar-refractivity contribution in [3.8, 4) is 0 Å². The third-order valence-electron chi connectivity index (χ3n) is 4.76. The smallest absolute Gasteiger partial charge is 0.227 e. The minimum atomic E-state index is -1.21. The van der Waals surface area contributed by atoms with Crippen LogP contribution in [-0.4, -0.2) is 11.0 Å². The number of hydrogen-bond donors (Lipinski definition) is 2. The Morgan fingerprint density at radius 1 is 1.44 bits per heavy atom. The van der Waals surface area contributed by atoms with E-state index in [9.17, 15) is 9.90 Å². The van der Waals surface area contributed by atoms with Gasteiger partial charge in [0.25, 0.3) is 0 Å². The van der Waals surface area contributed by atoms with Crippen LogP contribution in [0.1, 0.15) is 30.9 Å². The van der Waals surface area contributed by atoms with Crippen LogP contribution in [0.3, 0.4) is 0 Å². The fourth-order valence-corrected chi connectivity index (χ4v) is 3.69. The van der Waals surface area contributed by atoms with Crippen molar-refractivity contribution in [3.05, 3.63) is 41.8 Å². The third kappa shape index (κ3) is 1.31. The fourth-order valence-electron chi connectivity index (χ4n) is 3.69. The lowest BCUT2D eigenvalue weighted by atomic mass is 9.67. The van der Waals surface area contributed by atoms with Gasteiger partial charge < -0.3 is 10.8 Å². The van der Waals surface area contributed by atoms with Gasteiger partial charge in [0.2, 0.25) is 5.91 Å². The highest BCUT2D eigenvalue weighted by atomic mass is 16.3. The number of primary amides is 1. The van der Waals surface area contributed by atoms with Crippen molar-refractivity contribution in [2.45, 2.75) is 31.8 Å². The second-order valence-electron chi connectivity index (χ2n) is 5.73. The molecular weight excluding hydrogens is 226 g/mol. The number of benzene rings is 1. The first-order chi connectivity index (χ1) is 8.47. The van der Waals surface area contributed by atoms with Crippen molar-refractivity contribution < 1.29 is 9.90 Å². The first-order valence-corrected chi connectivity index (χ1v) is 6.44. The summed E-state index contributed by atoms with van der Waals surface area (Å²) in [7, 11) is 0. The molecule has 3 nitrogen and oxygen atoms in total. The molecule has 1 amide bonds. The zero-order valence-electron chi connectivity index (χ0n) is 10.5. The van der Waals surface area contributed by atoms with E-state index >= 15 is 0 Å². The van der Waals surface area contributed by atoms with Crippen LogP contribution < -0.4 is 5.73 Å². The van der Waals surface area contributed by atoms with Gasteiger partial charge in [-0.25, -0.2) is 0 Å². The van der Waals surface area contributed by atoms with Gasteiger partial charge in [0, 0.05) is 0 Å². The van der Waals surface area contributed by atoms with E-state index in [0.29, 0.717) is 12.3 Å². The highest BCUT2D eigenvalue weighted by molar-refractivity contribution is 5.85. The lowest BCUT2D eigenvalue weighted by Gasteiger charge is -2.40. The number of carbonyl (C=O) groups is 1. The van der Waals surface area contributed by atoms with Crippen LogP contribution >= 0.6 is 0 Å². The summed E-state index contributed by atoms with van der Waals surface area (Å²) in [6.45, 7) is 1.72. The zero-order chi connectivity index (χ0) is 13.0. The van der Waals surface area contributed by atoms with Crippen LogP contribution in [0.15, 0.2) is 24.3 Å². The van der Waals surface area contributed by atoms with E-state index in [0.717, 1.165) is 24.0 Å². The number of fused-ring (bicyclic) bond motifs is 3. The maximum Gasteiger partial charge on any atom is 0.227 e. The molecular formula is C15H18NO2. The molecule has 3 rings (SSSR count). The van der Waals surface area contributed by atoms with E-state index in [4.69, 9.17) is 5.73 Å². The minimum absolute atomic E-state index is 0.340. The Kier molecular flexibility index (Phi) is 2.33. The van der Waals surface area contributed by atoms with Gasteiger partial charge in [0.1, 0.15) is 5.60 Å².